The number of benzene rings is 1. The molecule has 2 aliphatic heterocycles. The summed E-state index contributed by atoms with van der Waals surface area (Å²) in [5.74, 6) is 0.605. The van der Waals surface area contributed by atoms with E-state index in [1.807, 2.05) is 42.2 Å². The summed E-state index contributed by atoms with van der Waals surface area (Å²) in [7, 11) is 0. The lowest BCUT2D eigenvalue weighted by molar-refractivity contribution is -0.140. The number of nitrogens with one attached hydrogen (secondary N) is 2. The number of carbonyl (C=O) groups excluding carboxylic acids is 2. The quantitative estimate of drug-likeness (QED) is 0.873. The molecule has 2 atom stereocenters. The second-order valence-corrected chi connectivity index (χ2v) is 6.69. The summed E-state index contributed by atoms with van der Waals surface area (Å²) >= 11 is 0. The van der Waals surface area contributed by atoms with E-state index in [2.05, 4.69) is 10.6 Å². The van der Waals surface area contributed by atoms with Gasteiger partial charge in [0.25, 0.3) is 0 Å². The van der Waals surface area contributed by atoms with Crippen molar-refractivity contribution in [3.63, 3.8) is 0 Å². The first-order valence-corrected chi connectivity index (χ1v) is 8.50. The maximum Gasteiger partial charge on any atom is 0.229 e. The first-order valence-electron chi connectivity index (χ1n) is 8.50. The van der Waals surface area contributed by atoms with Crippen molar-refractivity contribution in [3.05, 3.63) is 30.3 Å². The molecule has 6 heteroatoms. The molecule has 0 spiro atoms. The van der Waals surface area contributed by atoms with Gasteiger partial charge in [-0.3, -0.25) is 9.59 Å². The molecule has 2 aliphatic rings. The molecule has 1 aromatic rings. The highest BCUT2D eigenvalue weighted by molar-refractivity contribution is 5.93. The molecule has 2 amide bonds. The van der Waals surface area contributed by atoms with E-state index in [-0.39, 0.29) is 36.1 Å². The van der Waals surface area contributed by atoms with Crippen LogP contribution < -0.4 is 10.6 Å². The molecule has 0 saturated carbocycles. The van der Waals surface area contributed by atoms with Crippen molar-refractivity contribution in [3.8, 4) is 0 Å². The van der Waals surface area contributed by atoms with Gasteiger partial charge in [0.15, 0.2) is 0 Å². The lowest BCUT2D eigenvalue weighted by atomic mass is 9.86. The molecule has 0 aromatic heterocycles. The average Bonchev–Trinajstić information content (AvgIpc) is 2.53. The zero-order valence-corrected chi connectivity index (χ0v) is 14.8. The Balaban J connectivity index is 0.00000208. The van der Waals surface area contributed by atoms with Crippen LogP contribution in [0.2, 0.25) is 0 Å². The normalized spacial score (nSPS) is 22.0. The number of amides is 2. The standard InChI is InChI=1S/C18H25N3O2.ClH/c1-13(15-10-19-11-15)18(23)21-9-5-6-14(12-21)17(22)20-16-7-3-2-4-8-16;/h2-4,7-8,13-15,19H,5-6,9-12H2,1H3,(H,20,22);1H. The molecule has 2 N–H and O–H groups in total. The molecule has 0 radical (unpaired) electrons. The van der Waals surface area contributed by atoms with E-state index in [0.717, 1.165) is 38.2 Å². The Kier molecular flexibility index (Phi) is 6.63. The van der Waals surface area contributed by atoms with E-state index in [1.54, 1.807) is 0 Å². The number of piperidine rings is 1. The summed E-state index contributed by atoms with van der Waals surface area (Å²) in [6.45, 7) is 5.19. The predicted molar refractivity (Wildman–Crippen MR) is 97.1 cm³/mol. The SMILES string of the molecule is CC(C(=O)N1CCCC(C(=O)Nc2ccccc2)C1)C1CNC1.Cl. The number of nitrogens with zero attached hydrogens (tertiary/aromatic N) is 1. The molecular weight excluding hydrogens is 326 g/mol. The van der Waals surface area contributed by atoms with Crippen molar-refractivity contribution < 1.29 is 9.59 Å². The predicted octanol–water partition coefficient (Wildman–Crippen LogP) is 2.14. The Bertz CT molecular complexity index is 563. The molecular formula is C18H26ClN3O2. The summed E-state index contributed by atoms with van der Waals surface area (Å²) in [4.78, 5) is 27.0. The summed E-state index contributed by atoms with van der Waals surface area (Å²) in [5, 5.41) is 6.18. The second-order valence-electron chi connectivity index (χ2n) is 6.69. The average molecular weight is 352 g/mol. The van der Waals surface area contributed by atoms with Crippen LogP contribution in [0.5, 0.6) is 0 Å². The fourth-order valence-electron chi connectivity index (χ4n) is 3.31. The van der Waals surface area contributed by atoms with Gasteiger partial charge in [0.2, 0.25) is 11.8 Å². The molecule has 2 saturated heterocycles. The molecule has 132 valence electrons. The summed E-state index contributed by atoms with van der Waals surface area (Å²) < 4.78 is 0. The molecule has 3 rings (SSSR count). The second kappa shape index (κ2) is 8.49. The largest absolute Gasteiger partial charge is 0.342 e. The monoisotopic (exact) mass is 351 g/mol. The number of rotatable bonds is 4. The van der Waals surface area contributed by atoms with Crippen molar-refractivity contribution in [2.75, 3.05) is 31.5 Å². The van der Waals surface area contributed by atoms with Crippen LogP contribution in [0.25, 0.3) is 0 Å². The number of hydrogen-bond donors (Lipinski definition) is 2. The Labute approximate surface area is 149 Å². The third-order valence-electron chi connectivity index (χ3n) is 5.05. The number of likely N-dealkylation sites (tertiary alicyclic amines) is 1. The van der Waals surface area contributed by atoms with E-state index < -0.39 is 0 Å². The van der Waals surface area contributed by atoms with E-state index in [1.165, 1.54) is 0 Å². The van der Waals surface area contributed by atoms with Crippen LogP contribution in [0, 0.1) is 17.8 Å². The Morgan fingerprint density at radius 1 is 1.25 bits per heavy atom. The number of anilines is 1. The first-order chi connectivity index (χ1) is 11.1. The van der Waals surface area contributed by atoms with Crippen molar-refractivity contribution >= 4 is 29.9 Å². The van der Waals surface area contributed by atoms with Crippen LogP contribution >= 0.6 is 12.4 Å². The summed E-state index contributed by atoms with van der Waals surface area (Å²) in [5.41, 5.74) is 0.815. The minimum Gasteiger partial charge on any atom is -0.342 e. The first kappa shape index (κ1) is 18.7. The molecule has 2 unspecified atom stereocenters. The smallest absolute Gasteiger partial charge is 0.229 e. The fraction of sp³-hybridized carbons (Fsp3) is 0.556. The number of para-hydroxylation sites is 1. The van der Waals surface area contributed by atoms with Gasteiger partial charge in [0, 0.05) is 24.7 Å². The number of carbonyl (C=O) groups is 2. The minimum atomic E-state index is -0.111. The zero-order valence-electron chi connectivity index (χ0n) is 14.0. The van der Waals surface area contributed by atoms with Crippen molar-refractivity contribution in [1.29, 1.82) is 0 Å². The summed E-state index contributed by atoms with van der Waals surface area (Å²) in [6.07, 6.45) is 1.75. The molecule has 24 heavy (non-hydrogen) atoms. The molecule has 0 aliphatic carbocycles. The van der Waals surface area contributed by atoms with Gasteiger partial charge in [0.1, 0.15) is 0 Å². The van der Waals surface area contributed by atoms with Crippen LogP contribution in [0.1, 0.15) is 19.8 Å². The van der Waals surface area contributed by atoms with E-state index in [0.29, 0.717) is 12.5 Å². The van der Waals surface area contributed by atoms with Gasteiger partial charge in [-0.2, -0.15) is 0 Å². The Morgan fingerprint density at radius 3 is 2.58 bits per heavy atom. The molecule has 2 fully saturated rings. The third-order valence-corrected chi connectivity index (χ3v) is 5.05. The van der Waals surface area contributed by atoms with Crippen LogP contribution in [0.3, 0.4) is 0 Å². The molecule has 1 aromatic carbocycles. The fourth-order valence-corrected chi connectivity index (χ4v) is 3.31. The summed E-state index contributed by atoms with van der Waals surface area (Å²) in [6, 6.07) is 9.50. The van der Waals surface area contributed by atoms with Gasteiger partial charge in [-0.25, -0.2) is 0 Å². The lowest BCUT2D eigenvalue weighted by Gasteiger charge is -2.38. The number of halogens is 1. The van der Waals surface area contributed by atoms with Gasteiger partial charge in [-0.1, -0.05) is 25.1 Å². The van der Waals surface area contributed by atoms with Crippen molar-refractivity contribution in [2.45, 2.75) is 19.8 Å². The van der Waals surface area contributed by atoms with E-state index in [4.69, 9.17) is 0 Å². The maximum absolute atomic E-state index is 12.6. The van der Waals surface area contributed by atoms with Crippen molar-refractivity contribution in [1.82, 2.24) is 10.2 Å². The van der Waals surface area contributed by atoms with Gasteiger partial charge in [-0.15, -0.1) is 12.4 Å². The zero-order chi connectivity index (χ0) is 16.2. The third kappa shape index (κ3) is 4.28. The van der Waals surface area contributed by atoms with Gasteiger partial charge in [0.05, 0.1) is 5.92 Å². The molecule has 5 nitrogen and oxygen atoms in total. The lowest BCUT2D eigenvalue weighted by Crippen LogP contribution is -2.52. The maximum atomic E-state index is 12.6. The van der Waals surface area contributed by atoms with E-state index >= 15 is 0 Å². The highest BCUT2D eigenvalue weighted by atomic mass is 35.5. The topological polar surface area (TPSA) is 61.4 Å². The van der Waals surface area contributed by atoms with Crippen LogP contribution in [-0.2, 0) is 9.59 Å². The van der Waals surface area contributed by atoms with Crippen LogP contribution in [-0.4, -0.2) is 42.9 Å². The van der Waals surface area contributed by atoms with E-state index in [9.17, 15) is 9.59 Å². The van der Waals surface area contributed by atoms with Gasteiger partial charge >= 0.3 is 0 Å². The Morgan fingerprint density at radius 2 is 1.96 bits per heavy atom. The minimum absolute atomic E-state index is 0. The molecule has 0 bridgehead atoms. The Hall–Kier alpha value is -1.59. The molecule has 2 heterocycles. The van der Waals surface area contributed by atoms with Crippen LogP contribution in [0.4, 0.5) is 5.69 Å². The van der Waals surface area contributed by atoms with Gasteiger partial charge in [-0.05, 0) is 44.0 Å². The highest BCUT2D eigenvalue weighted by Crippen LogP contribution is 2.24. The highest BCUT2D eigenvalue weighted by Gasteiger charge is 2.35. The van der Waals surface area contributed by atoms with Gasteiger partial charge < -0.3 is 15.5 Å². The van der Waals surface area contributed by atoms with Crippen LogP contribution in [0.15, 0.2) is 30.3 Å². The van der Waals surface area contributed by atoms with Crippen molar-refractivity contribution in [2.24, 2.45) is 17.8 Å². The number of hydrogen-bond acceptors (Lipinski definition) is 3.